The van der Waals surface area contributed by atoms with Crippen LogP contribution in [0.4, 0.5) is 10.2 Å². The highest BCUT2D eigenvalue weighted by molar-refractivity contribution is 6.04. The summed E-state index contributed by atoms with van der Waals surface area (Å²) < 4.78 is 13.6. The number of hydrogen-bond donors (Lipinski definition) is 2. The zero-order valence-corrected chi connectivity index (χ0v) is 12.0. The smallest absolute Gasteiger partial charge is 0.180 e. The van der Waals surface area contributed by atoms with Gasteiger partial charge in [-0.15, -0.1) is 10.2 Å². The average molecular weight is 305 g/mol. The molecule has 0 aliphatic heterocycles. The van der Waals surface area contributed by atoms with Crippen LogP contribution in [-0.4, -0.2) is 20.4 Å². The van der Waals surface area contributed by atoms with Crippen LogP contribution in [0, 0.1) is 5.82 Å². The quantitative estimate of drug-likeness (QED) is 0.594. The van der Waals surface area contributed by atoms with Gasteiger partial charge in [-0.1, -0.05) is 42.5 Å². The number of aromatic nitrogens is 4. The van der Waals surface area contributed by atoms with Gasteiger partial charge in [0.2, 0.25) is 0 Å². The Morgan fingerprint density at radius 3 is 2.48 bits per heavy atom. The van der Waals surface area contributed by atoms with E-state index in [1.54, 1.807) is 12.1 Å². The van der Waals surface area contributed by atoms with E-state index < -0.39 is 0 Å². The Balaban J connectivity index is 2.10. The second kappa shape index (κ2) is 5.17. The number of halogens is 1. The van der Waals surface area contributed by atoms with Gasteiger partial charge in [0.05, 0.1) is 5.39 Å². The van der Waals surface area contributed by atoms with Crippen molar-refractivity contribution in [3.63, 3.8) is 0 Å². The SMILES string of the molecule is Nc1n[nH]c2nnc(-c3cccc(F)c3)c(-c3ccccc3)c12. The van der Waals surface area contributed by atoms with Crippen LogP contribution in [0.1, 0.15) is 0 Å². The van der Waals surface area contributed by atoms with Gasteiger partial charge in [-0.2, -0.15) is 5.10 Å². The van der Waals surface area contributed by atoms with Crippen molar-refractivity contribution in [2.45, 2.75) is 0 Å². The van der Waals surface area contributed by atoms with Crippen molar-refractivity contribution in [2.75, 3.05) is 5.73 Å². The predicted molar refractivity (Wildman–Crippen MR) is 86.9 cm³/mol. The van der Waals surface area contributed by atoms with Gasteiger partial charge in [-0.3, -0.25) is 5.10 Å². The van der Waals surface area contributed by atoms with E-state index in [0.717, 1.165) is 11.1 Å². The van der Waals surface area contributed by atoms with E-state index in [2.05, 4.69) is 20.4 Å². The molecule has 0 radical (unpaired) electrons. The summed E-state index contributed by atoms with van der Waals surface area (Å²) in [7, 11) is 0. The zero-order valence-electron chi connectivity index (χ0n) is 12.0. The van der Waals surface area contributed by atoms with E-state index in [-0.39, 0.29) is 5.82 Å². The lowest BCUT2D eigenvalue weighted by atomic mass is 9.97. The normalized spacial score (nSPS) is 11.0. The molecular formula is C17H12FN5. The molecule has 0 fully saturated rings. The lowest BCUT2D eigenvalue weighted by molar-refractivity contribution is 0.628. The summed E-state index contributed by atoms with van der Waals surface area (Å²) in [5.41, 5.74) is 9.41. The van der Waals surface area contributed by atoms with Crippen molar-refractivity contribution in [3.05, 3.63) is 60.4 Å². The first kappa shape index (κ1) is 13.4. The van der Waals surface area contributed by atoms with Gasteiger partial charge < -0.3 is 5.73 Å². The Labute approximate surface area is 131 Å². The van der Waals surface area contributed by atoms with Crippen molar-refractivity contribution in [2.24, 2.45) is 0 Å². The van der Waals surface area contributed by atoms with Gasteiger partial charge in [-0.05, 0) is 17.7 Å². The maximum atomic E-state index is 13.6. The minimum Gasteiger partial charge on any atom is -0.382 e. The molecule has 112 valence electrons. The standard InChI is InChI=1S/C17H12FN5/c18-12-8-4-7-11(9-12)15-13(10-5-2-1-3-6-10)14-16(19)21-23-17(14)22-20-15/h1-9H,(H3,19,21,22,23). The molecule has 2 heterocycles. The molecule has 0 aliphatic rings. The Morgan fingerprint density at radius 1 is 0.913 bits per heavy atom. The molecular weight excluding hydrogens is 293 g/mol. The summed E-state index contributed by atoms with van der Waals surface area (Å²) in [5.74, 6) is 0.00924. The highest BCUT2D eigenvalue weighted by Crippen LogP contribution is 2.37. The molecule has 6 heteroatoms. The summed E-state index contributed by atoms with van der Waals surface area (Å²) >= 11 is 0. The second-order valence-electron chi connectivity index (χ2n) is 5.13. The van der Waals surface area contributed by atoms with Gasteiger partial charge in [0, 0.05) is 11.1 Å². The van der Waals surface area contributed by atoms with Gasteiger partial charge in [0.15, 0.2) is 11.5 Å². The van der Waals surface area contributed by atoms with Crippen molar-refractivity contribution < 1.29 is 4.39 Å². The second-order valence-corrected chi connectivity index (χ2v) is 5.13. The molecule has 5 nitrogen and oxygen atoms in total. The number of nitrogens with one attached hydrogen (secondary N) is 1. The average Bonchev–Trinajstić information content (AvgIpc) is 2.96. The van der Waals surface area contributed by atoms with Crippen molar-refractivity contribution >= 4 is 16.9 Å². The van der Waals surface area contributed by atoms with Crippen molar-refractivity contribution in [1.29, 1.82) is 0 Å². The molecule has 0 bridgehead atoms. The van der Waals surface area contributed by atoms with Gasteiger partial charge in [0.1, 0.15) is 11.5 Å². The molecule has 0 spiro atoms. The first-order valence-electron chi connectivity index (χ1n) is 7.05. The first-order valence-corrected chi connectivity index (χ1v) is 7.05. The molecule has 3 N–H and O–H groups in total. The molecule has 0 saturated carbocycles. The molecule has 0 atom stereocenters. The molecule has 2 aromatic carbocycles. The number of nitrogens with two attached hydrogens (primary N) is 1. The van der Waals surface area contributed by atoms with E-state index in [4.69, 9.17) is 5.73 Å². The number of aromatic amines is 1. The summed E-state index contributed by atoms with van der Waals surface area (Å²) in [4.78, 5) is 0. The number of benzene rings is 2. The fraction of sp³-hybridized carbons (Fsp3) is 0. The van der Waals surface area contributed by atoms with Crippen LogP contribution < -0.4 is 5.73 Å². The summed E-state index contributed by atoms with van der Waals surface area (Å²) in [6.07, 6.45) is 0. The molecule has 4 aromatic rings. The van der Waals surface area contributed by atoms with Crippen LogP contribution in [0.25, 0.3) is 33.4 Å². The van der Waals surface area contributed by atoms with Gasteiger partial charge >= 0.3 is 0 Å². The summed E-state index contributed by atoms with van der Waals surface area (Å²) in [5, 5.41) is 15.8. The fourth-order valence-electron chi connectivity index (χ4n) is 2.66. The topological polar surface area (TPSA) is 80.5 Å². The Morgan fingerprint density at radius 2 is 1.70 bits per heavy atom. The molecule has 0 unspecified atom stereocenters. The largest absolute Gasteiger partial charge is 0.382 e. The maximum absolute atomic E-state index is 13.6. The summed E-state index contributed by atoms with van der Waals surface area (Å²) in [6, 6.07) is 15.9. The number of rotatable bonds is 2. The summed E-state index contributed by atoms with van der Waals surface area (Å²) in [6.45, 7) is 0. The zero-order chi connectivity index (χ0) is 15.8. The molecule has 0 saturated heterocycles. The van der Waals surface area contributed by atoms with Crippen LogP contribution in [0.15, 0.2) is 54.6 Å². The minimum atomic E-state index is -0.330. The lowest BCUT2D eigenvalue weighted by Gasteiger charge is -2.10. The molecule has 0 aliphatic carbocycles. The van der Waals surface area contributed by atoms with Crippen molar-refractivity contribution in [3.8, 4) is 22.4 Å². The maximum Gasteiger partial charge on any atom is 0.180 e. The first-order chi connectivity index (χ1) is 11.2. The van der Waals surface area contributed by atoms with E-state index >= 15 is 0 Å². The number of nitrogens with zero attached hydrogens (tertiary/aromatic N) is 3. The van der Waals surface area contributed by atoms with Gasteiger partial charge in [0.25, 0.3) is 0 Å². The Hall–Kier alpha value is -3.28. The number of hydrogen-bond acceptors (Lipinski definition) is 4. The minimum absolute atomic E-state index is 0.330. The van der Waals surface area contributed by atoms with Gasteiger partial charge in [-0.25, -0.2) is 4.39 Å². The predicted octanol–water partition coefficient (Wildman–Crippen LogP) is 3.41. The highest BCUT2D eigenvalue weighted by Gasteiger charge is 2.18. The van der Waals surface area contributed by atoms with E-state index in [0.29, 0.717) is 28.1 Å². The van der Waals surface area contributed by atoms with Crippen LogP contribution >= 0.6 is 0 Å². The third-order valence-electron chi connectivity index (χ3n) is 3.67. The Bertz CT molecular complexity index is 994. The lowest BCUT2D eigenvalue weighted by Crippen LogP contribution is -1.96. The molecule has 0 amide bonds. The number of fused-ring (bicyclic) bond motifs is 1. The van der Waals surface area contributed by atoms with Crippen LogP contribution in [0.2, 0.25) is 0 Å². The van der Waals surface area contributed by atoms with E-state index in [1.165, 1.54) is 12.1 Å². The fourth-order valence-corrected chi connectivity index (χ4v) is 2.66. The monoisotopic (exact) mass is 305 g/mol. The van der Waals surface area contributed by atoms with Crippen LogP contribution in [-0.2, 0) is 0 Å². The molecule has 2 aromatic heterocycles. The highest BCUT2D eigenvalue weighted by atomic mass is 19.1. The number of H-pyrrole nitrogens is 1. The van der Waals surface area contributed by atoms with Crippen LogP contribution in [0.3, 0.4) is 0 Å². The molecule has 4 rings (SSSR count). The van der Waals surface area contributed by atoms with E-state index in [1.807, 2.05) is 30.3 Å². The Kier molecular flexibility index (Phi) is 3.01. The van der Waals surface area contributed by atoms with Crippen molar-refractivity contribution in [1.82, 2.24) is 20.4 Å². The third kappa shape index (κ3) is 2.20. The molecule has 23 heavy (non-hydrogen) atoms. The van der Waals surface area contributed by atoms with E-state index in [9.17, 15) is 4.39 Å². The third-order valence-corrected chi connectivity index (χ3v) is 3.67. The number of nitrogen functional groups attached to an aromatic ring is 1. The number of anilines is 1. The van der Waals surface area contributed by atoms with Crippen LogP contribution in [0.5, 0.6) is 0 Å².